The van der Waals surface area contributed by atoms with Crippen LogP contribution in [0.25, 0.3) is 0 Å². The van der Waals surface area contributed by atoms with Gasteiger partial charge in [0.05, 0.1) is 18.4 Å². The molecule has 1 aliphatic heterocycles. The first kappa shape index (κ1) is 21.9. The van der Waals surface area contributed by atoms with Crippen molar-refractivity contribution in [3.05, 3.63) is 58.1 Å². The highest BCUT2D eigenvalue weighted by atomic mass is 16.5. The molecule has 2 aliphatic rings. The molecule has 8 heteroatoms. The molecule has 2 heterocycles. The largest absolute Gasteiger partial charge is 0.492 e. The molecule has 2 aromatic rings. The van der Waals surface area contributed by atoms with Gasteiger partial charge in [0.1, 0.15) is 11.5 Å². The summed E-state index contributed by atoms with van der Waals surface area (Å²) in [6.45, 7) is 2.99. The van der Waals surface area contributed by atoms with Crippen LogP contribution >= 0.6 is 0 Å². The van der Waals surface area contributed by atoms with Gasteiger partial charge in [-0.25, -0.2) is 0 Å². The van der Waals surface area contributed by atoms with Gasteiger partial charge in [0.2, 0.25) is 11.2 Å². The van der Waals surface area contributed by atoms with E-state index in [9.17, 15) is 14.4 Å². The average Bonchev–Trinajstić information content (AvgIpc) is 3.62. The van der Waals surface area contributed by atoms with E-state index in [4.69, 9.17) is 13.9 Å². The average molecular weight is 440 g/mol. The zero-order valence-electron chi connectivity index (χ0n) is 18.2. The van der Waals surface area contributed by atoms with Crippen LogP contribution in [0.3, 0.4) is 0 Å². The third-order valence-corrected chi connectivity index (χ3v) is 5.72. The van der Waals surface area contributed by atoms with Crippen LogP contribution in [0.4, 0.5) is 0 Å². The van der Waals surface area contributed by atoms with E-state index in [0.717, 1.165) is 12.8 Å². The molecule has 4 rings (SSSR count). The second-order valence-corrected chi connectivity index (χ2v) is 8.37. The Hall–Kier alpha value is -3.29. The van der Waals surface area contributed by atoms with Gasteiger partial charge in [-0.05, 0) is 50.7 Å². The van der Waals surface area contributed by atoms with Crippen molar-refractivity contribution in [1.29, 1.82) is 0 Å². The number of benzene rings is 1. The normalized spacial score (nSPS) is 18.2. The molecule has 1 aliphatic carbocycles. The van der Waals surface area contributed by atoms with E-state index in [-0.39, 0.29) is 35.6 Å². The minimum Gasteiger partial charge on any atom is -0.492 e. The molecule has 32 heavy (non-hydrogen) atoms. The van der Waals surface area contributed by atoms with Crippen molar-refractivity contribution >= 4 is 11.8 Å². The summed E-state index contributed by atoms with van der Waals surface area (Å²) in [5.74, 6) is 1.12. The fraction of sp³-hybridized carbons (Fsp3) is 0.458. The Labute approximate surface area is 186 Å². The summed E-state index contributed by atoms with van der Waals surface area (Å²) in [5, 5.41) is 2.91. The molecule has 1 aromatic heterocycles. The molecule has 1 saturated carbocycles. The number of nitrogens with one attached hydrogen (secondary N) is 1. The molecule has 0 bridgehead atoms. The minimum absolute atomic E-state index is 0.0332. The summed E-state index contributed by atoms with van der Waals surface area (Å²) in [5.41, 5.74) is 0.216. The number of amides is 2. The monoisotopic (exact) mass is 440 g/mol. The molecule has 0 spiro atoms. The zero-order valence-corrected chi connectivity index (χ0v) is 18.2. The highest BCUT2D eigenvalue weighted by Gasteiger charge is 2.28. The molecule has 170 valence electrons. The molecule has 8 nitrogen and oxygen atoms in total. The second-order valence-electron chi connectivity index (χ2n) is 8.37. The van der Waals surface area contributed by atoms with E-state index in [1.54, 1.807) is 17.9 Å². The van der Waals surface area contributed by atoms with Crippen molar-refractivity contribution < 1.29 is 23.5 Å². The van der Waals surface area contributed by atoms with Crippen LogP contribution in [0.2, 0.25) is 0 Å². The lowest BCUT2D eigenvalue weighted by Crippen LogP contribution is -2.50. The molecule has 0 radical (unpaired) electrons. The number of ether oxygens (including phenoxy) is 2. The fourth-order valence-electron chi connectivity index (χ4n) is 3.79. The second kappa shape index (κ2) is 9.89. The van der Waals surface area contributed by atoms with Crippen molar-refractivity contribution in [1.82, 2.24) is 10.2 Å². The summed E-state index contributed by atoms with van der Waals surface area (Å²) >= 11 is 0. The van der Waals surface area contributed by atoms with E-state index in [1.807, 2.05) is 18.2 Å². The van der Waals surface area contributed by atoms with Crippen molar-refractivity contribution in [2.45, 2.75) is 38.6 Å². The van der Waals surface area contributed by atoms with Crippen LogP contribution in [-0.2, 0) is 4.79 Å². The summed E-state index contributed by atoms with van der Waals surface area (Å²) < 4.78 is 16.4. The zero-order chi connectivity index (χ0) is 22.5. The number of piperidine rings is 1. The maximum atomic E-state index is 13.2. The lowest BCUT2D eigenvalue weighted by atomic mass is 10.0. The van der Waals surface area contributed by atoms with Crippen molar-refractivity contribution in [2.24, 2.45) is 5.92 Å². The van der Waals surface area contributed by atoms with E-state index in [2.05, 4.69) is 5.32 Å². The SMILES string of the molecule is Cc1occc(=O)c1OCC(=O)NC1CCCN(C(=O)c2ccccc2OCC2CC2)C1. The van der Waals surface area contributed by atoms with E-state index < -0.39 is 0 Å². The van der Waals surface area contributed by atoms with Crippen molar-refractivity contribution in [3.63, 3.8) is 0 Å². The van der Waals surface area contributed by atoms with Gasteiger partial charge in [0, 0.05) is 25.2 Å². The molecule has 1 saturated heterocycles. The third kappa shape index (κ3) is 5.49. The number of rotatable bonds is 8. The Bertz CT molecular complexity index is 1030. The van der Waals surface area contributed by atoms with Gasteiger partial charge in [0.15, 0.2) is 6.61 Å². The molecule has 2 fully saturated rings. The van der Waals surface area contributed by atoms with Crippen LogP contribution in [0.15, 0.2) is 45.8 Å². The maximum absolute atomic E-state index is 13.2. The van der Waals surface area contributed by atoms with Gasteiger partial charge in [-0.2, -0.15) is 0 Å². The number of nitrogens with zero attached hydrogens (tertiary/aromatic N) is 1. The molecule has 1 unspecified atom stereocenters. The lowest BCUT2D eigenvalue weighted by Gasteiger charge is -2.33. The minimum atomic E-state index is -0.347. The maximum Gasteiger partial charge on any atom is 0.258 e. The first-order valence-electron chi connectivity index (χ1n) is 11.0. The number of carbonyl (C=O) groups excluding carboxylic acids is 2. The third-order valence-electron chi connectivity index (χ3n) is 5.72. The fourth-order valence-corrected chi connectivity index (χ4v) is 3.79. The Morgan fingerprint density at radius 3 is 2.75 bits per heavy atom. The number of aryl methyl sites for hydroxylation is 1. The molecular weight excluding hydrogens is 412 g/mol. The van der Waals surface area contributed by atoms with Crippen LogP contribution < -0.4 is 20.2 Å². The van der Waals surface area contributed by atoms with E-state index in [0.29, 0.717) is 42.7 Å². The topological polar surface area (TPSA) is 98.1 Å². The Kier molecular flexibility index (Phi) is 6.78. The summed E-state index contributed by atoms with van der Waals surface area (Å²) in [7, 11) is 0. The van der Waals surface area contributed by atoms with Gasteiger partial charge < -0.3 is 24.1 Å². The number of hydrogen-bond acceptors (Lipinski definition) is 6. The van der Waals surface area contributed by atoms with Gasteiger partial charge >= 0.3 is 0 Å². The Balaban J connectivity index is 1.32. The summed E-state index contributed by atoms with van der Waals surface area (Å²) in [6.07, 6.45) is 5.20. The predicted octanol–water partition coefficient (Wildman–Crippen LogP) is 2.54. The number of carbonyl (C=O) groups is 2. The first-order valence-corrected chi connectivity index (χ1v) is 11.0. The van der Waals surface area contributed by atoms with Gasteiger partial charge in [-0.3, -0.25) is 14.4 Å². The first-order chi connectivity index (χ1) is 15.5. The highest BCUT2D eigenvalue weighted by Crippen LogP contribution is 2.30. The van der Waals surface area contributed by atoms with Crippen LogP contribution in [0.5, 0.6) is 11.5 Å². The van der Waals surface area contributed by atoms with Crippen molar-refractivity contribution in [3.8, 4) is 11.5 Å². The Morgan fingerprint density at radius 2 is 1.97 bits per heavy atom. The van der Waals surface area contributed by atoms with Crippen LogP contribution in [-0.4, -0.2) is 49.1 Å². The lowest BCUT2D eigenvalue weighted by molar-refractivity contribution is -0.124. The summed E-state index contributed by atoms with van der Waals surface area (Å²) in [4.78, 5) is 39.1. The van der Waals surface area contributed by atoms with E-state index >= 15 is 0 Å². The number of para-hydroxylation sites is 1. The predicted molar refractivity (Wildman–Crippen MR) is 117 cm³/mol. The quantitative estimate of drug-likeness (QED) is 0.678. The van der Waals surface area contributed by atoms with Crippen LogP contribution in [0.1, 0.15) is 41.8 Å². The Morgan fingerprint density at radius 1 is 1.16 bits per heavy atom. The molecule has 2 amide bonds. The smallest absolute Gasteiger partial charge is 0.258 e. The molecule has 1 atom stereocenters. The van der Waals surface area contributed by atoms with Gasteiger partial charge in [-0.1, -0.05) is 12.1 Å². The molecule has 1 N–H and O–H groups in total. The standard InChI is InChI=1S/C24H28N2O6/c1-16-23(20(27)10-12-30-16)32-15-22(28)25-18-5-4-11-26(13-18)24(29)19-6-2-3-7-21(19)31-14-17-8-9-17/h2-3,6-7,10,12,17-18H,4-5,8-9,11,13-15H2,1H3,(H,25,28). The van der Waals surface area contributed by atoms with Gasteiger partial charge in [-0.15, -0.1) is 0 Å². The highest BCUT2D eigenvalue weighted by molar-refractivity contribution is 5.97. The van der Waals surface area contributed by atoms with Crippen molar-refractivity contribution in [2.75, 3.05) is 26.3 Å². The molecular formula is C24H28N2O6. The number of likely N-dealkylation sites (tertiary alicyclic amines) is 1. The molecule has 1 aromatic carbocycles. The number of hydrogen-bond donors (Lipinski definition) is 1. The van der Waals surface area contributed by atoms with Crippen LogP contribution in [0, 0.1) is 12.8 Å². The van der Waals surface area contributed by atoms with E-state index in [1.165, 1.54) is 25.2 Å². The summed E-state index contributed by atoms with van der Waals surface area (Å²) in [6, 6.07) is 8.38. The van der Waals surface area contributed by atoms with Gasteiger partial charge in [0.25, 0.3) is 11.8 Å².